The van der Waals surface area contributed by atoms with Crippen molar-refractivity contribution in [3.05, 3.63) is 35.9 Å². The molecule has 1 unspecified atom stereocenters. The number of carboxylic acid groups (broad SMARTS) is 1. The highest BCUT2D eigenvalue weighted by Crippen LogP contribution is 2.17. The predicted octanol–water partition coefficient (Wildman–Crippen LogP) is -0.554. The molecular formula is C31H50N8O7. The minimum atomic E-state index is -1.55. The van der Waals surface area contributed by atoms with Crippen LogP contribution in [0.4, 0.5) is 0 Å². The molecule has 0 bridgehead atoms. The van der Waals surface area contributed by atoms with E-state index in [1.807, 2.05) is 6.92 Å². The smallest absolute Gasteiger partial charge is 0.305 e. The number of nitrogens with two attached hydrogens (primary N) is 4. The topological polar surface area (TPSA) is 275 Å². The Kier molecular flexibility index (Phi) is 17.6. The lowest BCUT2D eigenvalue weighted by Gasteiger charge is -2.27. The van der Waals surface area contributed by atoms with Gasteiger partial charge in [0.15, 0.2) is 5.96 Å². The molecule has 15 heteroatoms. The largest absolute Gasteiger partial charge is 0.481 e. The van der Waals surface area contributed by atoms with Crippen molar-refractivity contribution in [1.82, 2.24) is 16.0 Å². The van der Waals surface area contributed by atoms with Crippen molar-refractivity contribution in [2.24, 2.45) is 39.8 Å². The molecule has 0 heterocycles. The van der Waals surface area contributed by atoms with E-state index >= 15 is 0 Å². The molecule has 256 valence electrons. The highest BCUT2D eigenvalue weighted by Gasteiger charge is 2.33. The molecule has 0 aliphatic heterocycles. The van der Waals surface area contributed by atoms with Crippen LogP contribution >= 0.6 is 0 Å². The van der Waals surface area contributed by atoms with Gasteiger partial charge in [0.25, 0.3) is 0 Å². The SMILES string of the molecule is CCCCC(CC(=O)[C@@H](N)CCCN=C(N)N)C(=O)N[C@@H](CC(=O)O)C(=O)N[C@H](C(=O)N[C@@H](Cc1ccccc1)C(N)=O)C(C)C. The van der Waals surface area contributed by atoms with E-state index in [1.165, 1.54) is 0 Å². The van der Waals surface area contributed by atoms with E-state index in [4.69, 9.17) is 22.9 Å². The van der Waals surface area contributed by atoms with E-state index in [0.717, 1.165) is 12.0 Å². The van der Waals surface area contributed by atoms with Gasteiger partial charge in [-0.25, -0.2) is 0 Å². The van der Waals surface area contributed by atoms with Gasteiger partial charge in [0, 0.05) is 25.3 Å². The number of guanidine groups is 1. The first-order valence-electron chi connectivity index (χ1n) is 15.5. The summed E-state index contributed by atoms with van der Waals surface area (Å²) in [4.78, 5) is 80.4. The Labute approximate surface area is 269 Å². The molecule has 0 spiro atoms. The number of rotatable bonds is 22. The van der Waals surface area contributed by atoms with E-state index in [9.17, 15) is 33.9 Å². The Hall–Kier alpha value is -4.53. The molecule has 5 atom stereocenters. The summed E-state index contributed by atoms with van der Waals surface area (Å²) in [5, 5.41) is 17.0. The number of unbranched alkanes of at least 4 members (excludes halogenated alkanes) is 1. The molecule has 12 N–H and O–H groups in total. The third-order valence-corrected chi connectivity index (χ3v) is 7.31. The van der Waals surface area contributed by atoms with Crippen LogP contribution in [0.5, 0.6) is 0 Å². The fraction of sp³-hybridized carbons (Fsp3) is 0.581. The van der Waals surface area contributed by atoms with Gasteiger partial charge in [0.05, 0.1) is 12.5 Å². The van der Waals surface area contributed by atoms with E-state index in [1.54, 1.807) is 44.2 Å². The number of amides is 4. The number of ketones is 1. The van der Waals surface area contributed by atoms with Gasteiger partial charge in [-0.05, 0) is 30.7 Å². The Morgan fingerprint density at radius 3 is 2.00 bits per heavy atom. The summed E-state index contributed by atoms with van der Waals surface area (Å²) >= 11 is 0. The summed E-state index contributed by atoms with van der Waals surface area (Å²) in [6.07, 6.45) is 1.52. The zero-order chi connectivity index (χ0) is 34.8. The fourth-order valence-electron chi connectivity index (χ4n) is 4.65. The molecule has 0 aromatic heterocycles. The van der Waals surface area contributed by atoms with Crippen molar-refractivity contribution in [3.8, 4) is 0 Å². The lowest BCUT2D eigenvalue weighted by atomic mass is 9.91. The second-order valence-electron chi connectivity index (χ2n) is 11.6. The van der Waals surface area contributed by atoms with Gasteiger partial charge < -0.3 is 44.0 Å². The van der Waals surface area contributed by atoms with E-state index in [0.29, 0.717) is 32.2 Å². The summed E-state index contributed by atoms with van der Waals surface area (Å²) in [5.74, 6) is -6.24. The highest BCUT2D eigenvalue weighted by molar-refractivity contribution is 5.96. The summed E-state index contributed by atoms with van der Waals surface area (Å²) in [6.45, 7) is 5.50. The summed E-state index contributed by atoms with van der Waals surface area (Å²) in [6, 6.07) is 4.22. The molecule has 15 nitrogen and oxygen atoms in total. The molecule has 0 fully saturated rings. The molecule has 0 aliphatic carbocycles. The predicted molar refractivity (Wildman–Crippen MR) is 173 cm³/mol. The lowest BCUT2D eigenvalue weighted by Crippen LogP contribution is -2.58. The second kappa shape index (κ2) is 20.5. The highest BCUT2D eigenvalue weighted by atomic mass is 16.4. The number of carbonyl (C=O) groups is 6. The number of aliphatic imine (C=N–C) groups is 1. The van der Waals surface area contributed by atoms with Crippen molar-refractivity contribution < 1.29 is 33.9 Å². The molecule has 46 heavy (non-hydrogen) atoms. The normalized spacial score (nSPS) is 14.2. The van der Waals surface area contributed by atoms with Crippen LogP contribution in [0.1, 0.15) is 71.3 Å². The molecule has 1 aromatic rings. The number of nitrogens with zero attached hydrogens (tertiary/aromatic N) is 1. The molecule has 4 amide bonds. The average molecular weight is 647 g/mol. The fourth-order valence-corrected chi connectivity index (χ4v) is 4.65. The van der Waals surface area contributed by atoms with Crippen molar-refractivity contribution in [2.45, 2.75) is 96.3 Å². The van der Waals surface area contributed by atoms with Gasteiger partial charge >= 0.3 is 5.97 Å². The van der Waals surface area contributed by atoms with Crippen LogP contribution in [0, 0.1) is 11.8 Å². The van der Waals surface area contributed by atoms with Crippen molar-refractivity contribution in [2.75, 3.05) is 6.54 Å². The average Bonchev–Trinajstić information content (AvgIpc) is 2.98. The number of Topliss-reactive ketones (excluding diaryl/α,β-unsaturated/α-hetero) is 1. The number of carboxylic acids is 1. The number of hydrogen-bond donors (Lipinski definition) is 8. The van der Waals surface area contributed by atoms with Crippen LogP contribution in [-0.2, 0) is 35.2 Å². The standard InChI is InChI=1S/C31H50N8O7/c1-4-5-12-20(16-24(40)21(32)13-9-14-36-31(34)35)28(44)38-23(17-25(41)42)29(45)39-26(18(2)3)30(46)37-22(27(33)43)15-19-10-7-6-8-11-19/h6-8,10-11,18,20-23,26H,4-5,9,12-17,32H2,1-3H3,(H2,33,43)(H,37,46)(H,38,44)(H,39,45)(H,41,42)(H4,34,35,36)/t20?,21-,22-,23-,26-/m0/s1. The van der Waals surface area contributed by atoms with E-state index in [-0.39, 0.29) is 24.6 Å². The van der Waals surface area contributed by atoms with Crippen LogP contribution < -0.4 is 38.9 Å². The van der Waals surface area contributed by atoms with Gasteiger partial charge in [0.1, 0.15) is 23.9 Å². The Morgan fingerprint density at radius 1 is 0.826 bits per heavy atom. The minimum Gasteiger partial charge on any atom is -0.481 e. The Bertz CT molecular complexity index is 1200. The number of hydrogen-bond acceptors (Lipinski definition) is 8. The minimum absolute atomic E-state index is 0.0746. The van der Waals surface area contributed by atoms with Crippen LogP contribution in [0.3, 0.4) is 0 Å². The number of nitrogens with one attached hydrogen (secondary N) is 3. The van der Waals surface area contributed by atoms with E-state index in [2.05, 4.69) is 20.9 Å². The van der Waals surface area contributed by atoms with Gasteiger partial charge in [-0.15, -0.1) is 0 Å². The first-order chi connectivity index (χ1) is 21.7. The van der Waals surface area contributed by atoms with Gasteiger partial charge in [0.2, 0.25) is 23.6 Å². The third kappa shape index (κ3) is 15.0. The zero-order valence-electron chi connectivity index (χ0n) is 26.9. The van der Waals surface area contributed by atoms with Gasteiger partial charge in [-0.1, -0.05) is 63.9 Å². The third-order valence-electron chi connectivity index (χ3n) is 7.31. The van der Waals surface area contributed by atoms with Crippen LogP contribution in [0.2, 0.25) is 0 Å². The summed E-state index contributed by atoms with van der Waals surface area (Å²) in [5.41, 5.74) is 22.9. The zero-order valence-corrected chi connectivity index (χ0v) is 26.9. The lowest BCUT2D eigenvalue weighted by molar-refractivity contribution is -0.142. The first-order valence-corrected chi connectivity index (χ1v) is 15.5. The maximum atomic E-state index is 13.3. The molecule has 0 saturated heterocycles. The monoisotopic (exact) mass is 646 g/mol. The van der Waals surface area contributed by atoms with Crippen molar-refractivity contribution >= 4 is 41.3 Å². The van der Waals surface area contributed by atoms with Crippen molar-refractivity contribution in [1.29, 1.82) is 0 Å². The second-order valence-corrected chi connectivity index (χ2v) is 11.6. The number of primary amides is 1. The first kappa shape index (κ1) is 39.5. The molecule has 0 radical (unpaired) electrons. The molecule has 0 aliphatic rings. The number of benzene rings is 1. The number of carbonyl (C=O) groups excluding carboxylic acids is 5. The maximum absolute atomic E-state index is 13.3. The van der Waals surface area contributed by atoms with Crippen LogP contribution in [-0.4, -0.2) is 77.2 Å². The van der Waals surface area contributed by atoms with Crippen LogP contribution in [0.15, 0.2) is 35.3 Å². The molecule has 0 saturated carbocycles. The molecule has 1 rings (SSSR count). The summed E-state index contributed by atoms with van der Waals surface area (Å²) in [7, 11) is 0. The number of aliphatic carboxylic acids is 1. The van der Waals surface area contributed by atoms with E-state index < -0.39 is 72.0 Å². The molecule has 1 aromatic carbocycles. The van der Waals surface area contributed by atoms with Crippen molar-refractivity contribution in [3.63, 3.8) is 0 Å². The Morgan fingerprint density at radius 2 is 1.46 bits per heavy atom. The van der Waals surface area contributed by atoms with Gasteiger partial charge in [-0.2, -0.15) is 0 Å². The van der Waals surface area contributed by atoms with Crippen LogP contribution in [0.25, 0.3) is 0 Å². The quantitative estimate of drug-likeness (QED) is 0.0452. The Balaban J connectivity index is 3.03. The molecular weight excluding hydrogens is 596 g/mol. The summed E-state index contributed by atoms with van der Waals surface area (Å²) < 4.78 is 0. The maximum Gasteiger partial charge on any atom is 0.305 e. The van der Waals surface area contributed by atoms with Gasteiger partial charge in [-0.3, -0.25) is 33.8 Å².